The third kappa shape index (κ3) is 2.61. The molecule has 0 saturated heterocycles. The fourth-order valence-electron chi connectivity index (χ4n) is 0.747. The van der Waals surface area contributed by atoms with Crippen molar-refractivity contribution in [3.05, 3.63) is 12.7 Å². The summed E-state index contributed by atoms with van der Waals surface area (Å²) in [6, 6.07) is 0. The maximum atomic E-state index is 4.92. The Bertz CT molecular complexity index is 95.7. The summed E-state index contributed by atoms with van der Waals surface area (Å²) in [5.74, 6) is 0. The van der Waals surface area contributed by atoms with Crippen LogP contribution in [0, 0.1) is 0 Å². The molecule has 0 aromatic carbocycles. The van der Waals surface area contributed by atoms with Crippen LogP contribution in [0.25, 0.3) is 0 Å². The predicted octanol–water partition coefficient (Wildman–Crippen LogP) is 0.140. The number of hydroxylamine groups is 2. The van der Waals surface area contributed by atoms with E-state index < -0.39 is 0 Å². The van der Waals surface area contributed by atoms with Gasteiger partial charge in [-0.3, -0.25) is 9.68 Å². The van der Waals surface area contributed by atoms with Crippen LogP contribution in [0.3, 0.4) is 0 Å². The van der Waals surface area contributed by atoms with Gasteiger partial charge in [0.15, 0.2) is 0 Å². The molecule has 0 radical (unpaired) electrons. The normalized spacial score (nSPS) is 14.8. The van der Waals surface area contributed by atoms with E-state index in [4.69, 9.17) is 9.68 Å². The van der Waals surface area contributed by atoms with Crippen LogP contribution >= 0.6 is 0 Å². The Morgan fingerprint density at radius 1 is 1.50 bits per heavy atom. The summed E-state index contributed by atoms with van der Waals surface area (Å²) in [5.41, 5.74) is 0.273. The van der Waals surface area contributed by atoms with Gasteiger partial charge in [0, 0.05) is 9.52 Å². The molecule has 0 aliphatic rings. The van der Waals surface area contributed by atoms with E-state index in [2.05, 4.69) is 13.1 Å². The lowest BCUT2D eigenvalue weighted by molar-refractivity contribution is -0.345. The highest BCUT2D eigenvalue weighted by molar-refractivity contribution is 6.36. The van der Waals surface area contributed by atoms with Gasteiger partial charge in [0.25, 0.3) is 0 Å². The third-order valence-corrected chi connectivity index (χ3v) is 2.79. The minimum atomic E-state index is -0.184. The summed E-state index contributed by atoms with van der Waals surface area (Å²) < 4.78 is 0. The third-order valence-electron chi connectivity index (χ3n) is 1.32. The predicted molar refractivity (Wildman–Crippen MR) is 44.3 cm³/mol. The van der Waals surface area contributed by atoms with Crippen LogP contribution in [0.2, 0.25) is 6.55 Å². The SMILES string of the molecule is C=CC([SiH2]C)N(OC)OC. The van der Waals surface area contributed by atoms with Crippen molar-refractivity contribution in [2.24, 2.45) is 0 Å². The van der Waals surface area contributed by atoms with Crippen LogP contribution in [-0.4, -0.2) is 34.6 Å². The molecular weight excluding hydrogens is 146 g/mol. The first-order valence-electron chi connectivity index (χ1n) is 3.30. The Kier molecular flexibility index (Phi) is 5.52. The average molecular weight is 161 g/mol. The van der Waals surface area contributed by atoms with Crippen LogP contribution in [0.4, 0.5) is 0 Å². The van der Waals surface area contributed by atoms with E-state index in [9.17, 15) is 0 Å². The first kappa shape index (κ1) is 9.84. The van der Waals surface area contributed by atoms with Crippen LogP contribution in [0.15, 0.2) is 12.7 Å². The summed E-state index contributed by atoms with van der Waals surface area (Å²) in [6.07, 6.45) is 1.85. The molecule has 0 fully saturated rings. The van der Waals surface area contributed by atoms with Gasteiger partial charge in [-0.05, 0) is 0 Å². The van der Waals surface area contributed by atoms with Crippen molar-refractivity contribution < 1.29 is 9.68 Å². The van der Waals surface area contributed by atoms with Crippen LogP contribution < -0.4 is 0 Å². The first-order chi connectivity index (χ1) is 4.79. The Morgan fingerprint density at radius 3 is 2.10 bits per heavy atom. The number of nitrogens with zero attached hydrogens (tertiary/aromatic N) is 1. The van der Waals surface area contributed by atoms with Gasteiger partial charge in [-0.2, -0.15) is 0 Å². The van der Waals surface area contributed by atoms with Crippen molar-refractivity contribution in [2.75, 3.05) is 14.2 Å². The van der Waals surface area contributed by atoms with Crippen molar-refractivity contribution in [1.82, 2.24) is 5.23 Å². The Balaban J connectivity index is 3.81. The zero-order valence-corrected chi connectivity index (χ0v) is 8.25. The highest BCUT2D eigenvalue weighted by atomic mass is 28.2. The molecule has 0 bridgehead atoms. The number of hydrogen-bond acceptors (Lipinski definition) is 3. The average Bonchev–Trinajstić information content (AvgIpc) is 2.00. The highest BCUT2D eigenvalue weighted by Crippen LogP contribution is 1.98. The fourth-order valence-corrected chi connectivity index (χ4v) is 1.68. The second-order valence-corrected chi connectivity index (χ2v) is 3.51. The smallest absolute Gasteiger partial charge is 0.0651 e. The molecule has 3 nitrogen and oxygen atoms in total. The Hall–Kier alpha value is -0.163. The molecule has 0 aromatic rings. The van der Waals surface area contributed by atoms with Crippen LogP contribution in [-0.2, 0) is 9.68 Å². The number of rotatable bonds is 5. The van der Waals surface area contributed by atoms with Gasteiger partial charge >= 0.3 is 0 Å². The second-order valence-electron chi connectivity index (χ2n) is 1.86. The van der Waals surface area contributed by atoms with Gasteiger partial charge in [0.2, 0.25) is 0 Å². The van der Waals surface area contributed by atoms with E-state index in [0.29, 0.717) is 0 Å². The van der Waals surface area contributed by atoms with Crippen LogP contribution in [0.1, 0.15) is 0 Å². The standard InChI is InChI=1S/C6H15NO2Si/c1-5-6(10-4)7(8-2)9-3/h5-6H,1,10H2,2-4H3. The zero-order chi connectivity index (χ0) is 7.98. The van der Waals surface area contributed by atoms with Crippen molar-refractivity contribution in [1.29, 1.82) is 0 Å². The molecule has 0 aliphatic carbocycles. The van der Waals surface area contributed by atoms with Crippen molar-refractivity contribution in [3.8, 4) is 0 Å². The van der Waals surface area contributed by atoms with Crippen LogP contribution in [0.5, 0.6) is 0 Å². The molecule has 60 valence electrons. The summed E-state index contributed by atoms with van der Waals surface area (Å²) in [5, 5.41) is 1.47. The molecule has 0 N–H and O–H groups in total. The Labute approximate surface area is 64.3 Å². The van der Waals surface area contributed by atoms with E-state index in [1.807, 2.05) is 6.08 Å². The van der Waals surface area contributed by atoms with Gasteiger partial charge in [0.05, 0.1) is 19.9 Å². The maximum Gasteiger partial charge on any atom is 0.0651 e. The monoisotopic (exact) mass is 161 g/mol. The van der Waals surface area contributed by atoms with Gasteiger partial charge in [-0.1, -0.05) is 17.8 Å². The molecule has 0 amide bonds. The number of hydrogen-bond donors (Lipinski definition) is 0. The summed E-state index contributed by atoms with van der Waals surface area (Å²) >= 11 is 0. The molecule has 0 aromatic heterocycles. The minimum absolute atomic E-state index is 0.184. The van der Waals surface area contributed by atoms with E-state index in [1.165, 1.54) is 5.23 Å². The molecular formula is C6H15NO2Si. The molecule has 0 spiro atoms. The van der Waals surface area contributed by atoms with Crippen molar-refractivity contribution in [3.63, 3.8) is 0 Å². The Morgan fingerprint density at radius 2 is 2.00 bits per heavy atom. The molecule has 4 heteroatoms. The molecule has 0 rings (SSSR count). The van der Waals surface area contributed by atoms with Gasteiger partial charge in [0.1, 0.15) is 0 Å². The molecule has 0 aliphatic heterocycles. The van der Waals surface area contributed by atoms with Gasteiger partial charge < -0.3 is 0 Å². The van der Waals surface area contributed by atoms with Gasteiger partial charge in [-0.15, -0.1) is 6.58 Å². The second kappa shape index (κ2) is 5.61. The van der Waals surface area contributed by atoms with E-state index in [-0.39, 0.29) is 15.2 Å². The van der Waals surface area contributed by atoms with E-state index in [0.717, 1.165) is 0 Å². The summed E-state index contributed by atoms with van der Waals surface area (Å²) in [4.78, 5) is 9.84. The van der Waals surface area contributed by atoms with Crippen molar-refractivity contribution in [2.45, 2.75) is 12.2 Å². The molecule has 10 heavy (non-hydrogen) atoms. The largest absolute Gasteiger partial charge is 0.277 e. The lowest BCUT2D eigenvalue weighted by Gasteiger charge is -2.22. The topological polar surface area (TPSA) is 21.7 Å². The van der Waals surface area contributed by atoms with Crippen molar-refractivity contribution >= 4 is 9.52 Å². The highest BCUT2D eigenvalue weighted by Gasteiger charge is 2.11. The molecule has 1 unspecified atom stereocenters. The first-order valence-corrected chi connectivity index (χ1v) is 5.53. The molecule has 0 heterocycles. The molecule has 1 atom stereocenters. The summed E-state index contributed by atoms with van der Waals surface area (Å²) in [6.45, 7) is 5.86. The maximum absolute atomic E-state index is 4.92. The molecule has 0 saturated carbocycles. The zero-order valence-electron chi connectivity index (χ0n) is 6.83. The fraction of sp³-hybridized carbons (Fsp3) is 0.667. The van der Waals surface area contributed by atoms with E-state index in [1.54, 1.807) is 14.2 Å². The summed E-state index contributed by atoms with van der Waals surface area (Å²) in [7, 11) is 2.99. The van der Waals surface area contributed by atoms with Gasteiger partial charge in [-0.25, -0.2) is 0 Å². The minimum Gasteiger partial charge on any atom is -0.277 e. The lowest BCUT2D eigenvalue weighted by Crippen LogP contribution is -2.35. The lowest BCUT2D eigenvalue weighted by atomic mass is 10.6. The quantitative estimate of drug-likeness (QED) is 0.325. The van der Waals surface area contributed by atoms with E-state index >= 15 is 0 Å².